The average molecular weight is 412 g/mol. The van der Waals surface area contributed by atoms with Crippen molar-refractivity contribution in [3.05, 3.63) is 35.9 Å². The number of nitrogens with one attached hydrogen (secondary N) is 1. The Kier molecular flexibility index (Phi) is 5.10. The molecule has 6 heteroatoms. The third kappa shape index (κ3) is 3.44. The van der Waals surface area contributed by atoms with Crippen LogP contribution in [0.25, 0.3) is 0 Å². The molecule has 1 heterocycles. The number of ether oxygens (including phenoxy) is 1. The zero-order valence-electron chi connectivity index (χ0n) is 17.8. The van der Waals surface area contributed by atoms with Gasteiger partial charge in [0.1, 0.15) is 6.10 Å². The van der Waals surface area contributed by atoms with Crippen molar-refractivity contribution in [1.29, 1.82) is 0 Å². The lowest BCUT2D eigenvalue weighted by Crippen LogP contribution is -2.63. The van der Waals surface area contributed by atoms with Crippen LogP contribution in [0.3, 0.4) is 0 Å². The molecule has 6 rings (SSSR count). The Hall–Kier alpha value is -1.92. The maximum atomic E-state index is 13.2. The van der Waals surface area contributed by atoms with Gasteiger partial charge in [0, 0.05) is 30.6 Å². The van der Waals surface area contributed by atoms with Gasteiger partial charge in [-0.05, 0) is 62.3 Å². The van der Waals surface area contributed by atoms with E-state index in [0.29, 0.717) is 30.9 Å². The summed E-state index contributed by atoms with van der Waals surface area (Å²) >= 11 is 0. The number of primary amides is 1. The van der Waals surface area contributed by atoms with Crippen LogP contribution in [0.2, 0.25) is 0 Å². The topological polar surface area (TPSA) is 84.7 Å². The van der Waals surface area contributed by atoms with Gasteiger partial charge < -0.3 is 15.8 Å². The number of morpholine rings is 1. The fraction of sp³-hybridized carbons (Fsp3) is 0.667. The van der Waals surface area contributed by atoms with Crippen LogP contribution in [0, 0.1) is 23.2 Å². The number of nitrogens with zero attached hydrogens (tertiary/aromatic N) is 1. The van der Waals surface area contributed by atoms with E-state index >= 15 is 0 Å². The van der Waals surface area contributed by atoms with Crippen molar-refractivity contribution in [3.63, 3.8) is 0 Å². The van der Waals surface area contributed by atoms with Gasteiger partial charge in [0.15, 0.2) is 0 Å². The van der Waals surface area contributed by atoms with E-state index in [9.17, 15) is 9.59 Å². The number of carbonyl (C=O) groups is 2. The summed E-state index contributed by atoms with van der Waals surface area (Å²) in [5, 5.41) is 3.34. The zero-order chi connectivity index (χ0) is 20.9. The molecule has 3 unspecified atom stereocenters. The Morgan fingerprint density at radius 3 is 2.53 bits per heavy atom. The zero-order valence-corrected chi connectivity index (χ0v) is 17.8. The van der Waals surface area contributed by atoms with E-state index in [2.05, 4.69) is 41.4 Å². The van der Waals surface area contributed by atoms with Gasteiger partial charge in [0.05, 0.1) is 6.61 Å². The first-order valence-corrected chi connectivity index (χ1v) is 11.5. The van der Waals surface area contributed by atoms with Crippen LogP contribution >= 0.6 is 0 Å². The molecule has 30 heavy (non-hydrogen) atoms. The molecule has 5 aliphatic rings. The minimum atomic E-state index is -0.438. The first-order chi connectivity index (χ1) is 14.4. The summed E-state index contributed by atoms with van der Waals surface area (Å²) in [7, 11) is 0. The van der Waals surface area contributed by atoms with Gasteiger partial charge in [0.2, 0.25) is 5.91 Å². The highest BCUT2D eigenvalue weighted by Crippen LogP contribution is 2.59. The lowest BCUT2D eigenvalue weighted by molar-refractivity contribution is -0.151. The van der Waals surface area contributed by atoms with Gasteiger partial charge in [-0.25, -0.2) is 0 Å². The second-order valence-electron chi connectivity index (χ2n) is 10.1. The second kappa shape index (κ2) is 7.65. The van der Waals surface area contributed by atoms with Crippen LogP contribution < -0.4 is 11.1 Å². The Bertz CT molecular complexity index is 797. The number of hydrogen-bond acceptors (Lipinski definition) is 4. The molecule has 4 atom stereocenters. The normalized spacial score (nSPS) is 38.9. The molecule has 1 aromatic carbocycles. The van der Waals surface area contributed by atoms with E-state index in [1.54, 1.807) is 0 Å². The third-order valence-corrected chi connectivity index (χ3v) is 8.32. The van der Waals surface area contributed by atoms with E-state index < -0.39 is 6.10 Å². The summed E-state index contributed by atoms with van der Waals surface area (Å²) in [4.78, 5) is 27.6. The summed E-state index contributed by atoms with van der Waals surface area (Å²) < 4.78 is 5.88. The van der Waals surface area contributed by atoms with Crippen molar-refractivity contribution in [2.24, 2.45) is 28.9 Å². The highest BCUT2D eigenvalue weighted by atomic mass is 16.5. The smallest absolute Gasteiger partial charge is 0.250 e. The Morgan fingerprint density at radius 1 is 1.17 bits per heavy atom. The average Bonchev–Trinajstić information content (AvgIpc) is 2.75. The monoisotopic (exact) mass is 411 g/mol. The van der Waals surface area contributed by atoms with Crippen molar-refractivity contribution < 1.29 is 14.3 Å². The van der Waals surface area contributed by atoms with Crippen molar-refractivity contribution in [1.82, 2.24) is 10.2 Å². The predicted molar refractivity (Wildman–Crippen MR) is 113 cm³/mol. The molecule has 1 aliphatic heterocycles. The molecule has 4 aliphatic carbocycles. The number of amides is 2. The van der Waals surface area contributed by atoms with Crippen LogP contribution in [0.15, 0.2) is 30.3 Å². The Balaban J connectivity index is 1.23. The van der Waals surface area contributed by atoms with E-state index in [1.165, 1.54) is 5.56 Å². The molecule has 0 aromatic heterocycles. The fourth-order valence-corrected chi connectivity index (χ4v) is 6.94. The molecule has 4 bridgehead atoms. The van der Waals surface area contributed by atoms with E-state index in [4.69, 9.17) is 10.5 Å². The van der Waals surface area contributed by atoms with E-state index in [-0.39, 0.29) is 29.3 Å². The number of carbonyl (C=O) groups excluding carboxylic acids is 2. The van der Waals surface area contributed by atoms with Crippen molar-refractivity contribution in [2.45, 2.75) is 57.2 Å². The quantitative estimate of drug-likeness (QED) is 0.778. The summed E-state index contributed by atoms with van der Waals surface area (Å²) in [5.74, 6) is 1.21. The molecule has 162 valence electrons. The standard InChI is InChI=1S/C24H33N3O3/c1-15(17-5-3-2-4-6-17)27-7-8-30-20(14-27)22(28)26-21-18-9-16-10-19(21)13-24(11-16,12-18)23(25)29/h2-6,15-16,18-21H,7-14H2,1H3,(H2,25,29)(H,26,28)/t15?,16?,18?,19?,20-,21?,24?/m1/s1. The van der Waals surface area contributed by atoms with Crippen molar-refractivity contribution >= 4 is 11.8 Å². The SMILES string of the molecule is CC(c1ccccc1)N1CCO[C@@H](C(=O)NC2C3CC4CC2CC(C(N)=O)(C4)C3)C1. The highest BCUT2D eigenvalue weighted by molar-refractivity contribution is 5.83. The van der Waals surface area contributed by atoms with Crippen molar-refractivity contribution in [3.8, 4) is 0 Å². The molecule has 6 nitrogen and oxygen atoms in total. The summed E-state index contributed by atoms with van der Waals surface area (Å²) in [5.41, 5.74) is 6.74. The van der Waals surface area contributed by atoms with Gasteiger partial charge >= 0.3 is 0 Å². The molecular formula is C24H33N3O3. The van der Waals surface area contributed by atoms with E-state index in [1.807, 2.05) is 6.07 Å². The van der Waals surface area contributed by atoms with Crippen LogP contribution in [0.1, 0.15) is 50.6 Å². The summed E-state index contributed by atoms with van der Waals surface area (Å²) in [6, 6.07) is 10.8. The molecule has 0 spiro atoms. The number of hydrogen-bond donors (Lipinski definition) is 2. The fourth-order valence-electron chi connectivity index (χ4n) is 6.94. The first kappa shape index (κ1) is 20.0. The van der Waals surface area contributed by atoms with Crippen LogP contribution in [0.5, 0.6) is 0 Å². The molecular weight excluding hydrogens is 378 g/mol. The molecule has 1 saturated heterocycles. The maximum Gasteiger partial charge on any atom is 0.250 e. The molecule has 2 amide bonds. The minimum Gasteiger partial charge on any atom is -0.369 e. The largest absolute Gasteiger partial charge is 0.369 e. The van der Waals surface area contributed by atoms with E-state index in [0.717, 1.165) is 38.6 Å². The van der Waals surface area contributed by atoms with Crippen molar-refractivity contribution in [2.75, 3.05) is 19.7 Å². The first-order valence-electron chi connectivity index (χ1n) is 11.5. The lowest BCUT2D eigenvalue weighted by atomic mass is 9.47. The molecule has 0 radical (unpaired) electrons. The van der Waals surface area contributed by atoms with Gasteiger partial charge in [-0.1, -0.05) is 30.3 Å². The summed E-state index contributed by atoms with van der Waals surface area (Å²) in [6.07, 6.45) is 4.41. The molecule has 3 N–H and O–H groups in total. The maximum absolute atomic E-state index is 13.2. The second-order valence-corrected chi connectivity index (χ2v) is 10.1. The Morgan fingerprint density at radius 2 is 1.87 bits per heavy atom. The molecule has 4 saturated carbocycles. The highest BCUT2D eigenvalue weighted by Gasteiger charge is 2.58. The Labute approximate surface area is 178 Å². The lowest BCUT2D eigenvalue weighted by Gasteiger charge is -2.59. The number of rotatable bonds is 5. The van der Waals surface area contributed by atoms with Crippen LogP contribution in [-0.2, 0) is 14.3 Å². The predicted octanol–water partition coefficient (Wildman–Crippen LogP) is 2.24. The summed E-state index contributed by atoms with van der Waals surface area (Å²) in [6.45, 7) is 4.20. The van der Waals surface area contributed by atoms with Gasteiger partial charge in [0.25, 0.3) is 5.91 Å². The number of nitrogens with two attached hydrogens (primary N) is 1. The third-order valence-electron chi connectivity index (χ3n) is 8.32. The molecule has 5 fully saturated rings. The van der Waals surface area contributed by atoms with Gasteiger partial charge in [-0.15, -0.1) is 0 Å². The van der Waals surface area contributed by atoms with Gasteiger partial charge in [-0.2, -0.15) is 0 Å². The van der Waals surface area contributed by atoms with Gasteiger partial charge in [-0.3, -0.25) is 14.5 Å². The van der Waals surface area contributed by atoms with Crippen LogP contribution in [0.4, 0.5) is 0 Å². The van der Waals surface area contributed by atoms with Crippen LogP contribution in [-0.4, -0.2) is 48.6 Å². The number of benzene rings is 1. The molecule has 1 aromatic rings. The minimum absolute atomic E-state index is 0.00515.